The molecule has 40 heavy (non-hydrogen) atoms. The maximum Gasteiger partial charge on any atom is 0.142 e. The zero-order chi connectivity index (χ0) is 27.5. The lowest BCUT2D eigenvalue weighted by Gasteiger charge is -2.46. The van der Waals surface area contributed by atoms with Crippen molar-refractivity contribution >= 4 is 11.4 Å². The molecule has 11 heteroatoms. The number of ether oxygens (including phenoxy) is 1. The second-order valence-electron chi connectivity index (χ2n) is 13.3. The van der Waals surface area contributed by atoms with E-state index in [0.29, 0.717) is 38.1 Å². The van der Waals surface area contributed by atoms with Crippen molar-refractivity contribution in [2.75, 3.05) is 30.5 Å². The minimum atomic E-state index is -0.961. The lowest BCUT2D eigenvalue weighted by atomic mass is 9.76. The summed E-state index contributed by atoms with van der Waals surface area (Å²) < 4.78 is 6.38. The lowest BCUT2D eigenvalue weighted by Crippen LogP contribution is -2.68. The van der Waals surface area contributed by atoms with Gasteiger partial charge >= 0.3 is 0 Å². The number of hydrogen-bond acceptors (Lipinski definition) is 11. The van der Waals surface area contributed by atoms with Crippen LogP contribution >= 0.6 is 0 Å². The van der Waals surface area contributed by atoms with Crippen molar-refractivity contribution in [3.63, 3.8) is 0 Å². The molecule has 4 heterocycles. The summed E-state index contributed by atoms with van der Waals surface area (Å²) in [6, 6.07) is 7.72. The summed E-state index contributed by atoms with van der Waals surface area (Å²) in [5.74, 6) is 1.50. The average Bonchev–Trinajstić information content (AvgIpc) is 3.45. The van der Waals surface area contributed by atoms with Crippen LogP contribution in [0.3, 0.4) is 0 Å². The summed E-state index contributed by atoms with van der Waals surface area (Å²) in [5, 5.41) is 39.4. The standard InChI is InChI=1S/C29H48N8O3/c1-15(2)36(12-22-25(38)26(39)29(40-22)37-14-33-24-27(30)31-13-32-28(24)37)19-9-16(10-19)3-8-23-34-20-7-6-18(17-4-5-17)11-21(20)35-23/h6-7,11,15-17,19,22-29,31-35,38-39H,3-5,8-10,12-14,30H2,1-2H3/t16-,19+,22-,23?,24?,25-,26-,27?,28?,29-/m1/s1. The second-order valence-corrected chi connectivity index (χ2v) is 13.3. The van der Waals surface area contributed by atoms with Crippen LogP contribution in [0, 0.1) is 5.92 Å². The number of aliphatic hydroxyl groups is 2. The third-order valence-corrected chi connectivity index (χ3v) is 10.3. The van der Waals surface area contributed by atoms with E-state index < -0.39 is 24.5 Å². The average molecular weight is 557 g/mol. The molecule has 3 saturated heterocycles. The van der Waals surface area contributed by atoms with Crippen LogP contribution in [0.5, 0.6) is 0 Å². The van der Waals surface area contributed by atoms with Crippen LogP contribution < -0.4 is 32.3 Å². The molecule has 7 rings (SSSR count). The van der Waals surface area contributed by atoms with Crippen LogP contribution in [0.15, 0.2) is 18.2 Å². The summed E-state index contributed by atoms with van der Waals surface area (Å²) in [7, 11) is 0. The largest absolute Gasteiger partial charge is 0.387 e. The molecule has 0 amide bonds. The number of anilines is 2. The SMILES string of the molecule is CC(C)N(C[C@H]1O[C@@H](N2CNC3C(N)NCNC32)[C@H](O)[C@@H]1O)[C@H]1C[C@@H](CCC2Nc3ccc(C4CC4)cc3N2)C1. The fourth-order valence-electron chi connectivity index (χ4n) is 7.64. The fourth-order valence-corrected chi connectivity index (χ4v) is 7.64. The molecule has 0 bridgehead atoms. The predicted octanol–water partition coefficient (Wildman–Crippen LogP) is 0.436. The summed E-state index contributed by atoms with van der Waals surface area (Å²) >= 11 is 0. The lowest BCUT2D eigenvalue weighted by molar-refractivity contribution is -0.112. The molecular formula is C29H48N8O3. The van der Waals surface area contributed by atoms with Crippen molar-refractivity contribution in [2.24, 2.45) is 11.7 Å². The number of aliphatic hydroxyl groups excluding tert-OH is 2. The smallest absolute Gasteiger partial charge is 0.142 e. The molecule has 8 atom stereocenters. The normalized spacial score (nSPS) is 41.1. The molecule has 6 aliphatic rings. The van der Waals surface area contributed by atoms with E-state index >= 15 is 0 Å². The van der Waals surface area contributed by atoms with Crippen molar-refractivity contribution in [2.45, 2.75) is 119 Å². The van der Waals surface area contributed by atoms with Gasteiger partial charge in [-0.3, -0.25) is 20.9 Å². The van der Waals surface area contributed by atoms with Gasteiger partial charge in [0.2, 0.25) is 0 Å². The van der Waals surface area contributed by atoms with E-state index in [-0.39, 0.29) is 18.4 Å². The number of hydrogen-bond donors (Lipinski definition) is 8. The third-order valence-electron chi connectivity index (χ3n) is 10.3. The predicted molar refractivity (Wildman–Crippen MR) is 154 cm³/mol. The van der Waals surface area contributed by atoms with Crippen LogP contribution in [0.25, 0.3) is 0 Å². The zero-order valence-electron chi connectivity index (χ0n) is 23.8. The summed E-state index contributed by atoms with van der Waals surface area (Å²) in [6.07, 6.45) is 4.55. The quantitative estimate of drug-likeness (QED) is 0.215. The zero-order valence-corrected chi connectivity index (χ0v) is 23.8. The second kappa shape index (κ2) is 10.9. The minimum absolute atomic E-state index is 0.0174. The highest BCUT2D eigenvalue weighted by Gasteiger charge is 2.52. The summed E-state index contributed by atoms with van der Waals surface area (Å²) in [4.78, 5) is 4.54. The molecule has 5 fully saturated rings. The van der Waals surface area contributed by atoms with Gasteiger partial charge in [-0.2, -0.15) is 0 Å². The van der Waals surface area contributed by atoms with Crippen molar-refractivity contribution < 1.29 is 14.9 Å². The van der Waals surface area contributed by atoms with Gasteiger partial charge in [-0.25, -0.2) is 4.90 Å². The van der Waals surface area contributed by atoms with E-state index in [4.69, 9.17) is 10.5 Å². The molecule has 1 aromatic rings. The molecule has 9 N–H and O–H groups in total. The van der Waals surface area contributed by atoms with Gasteiger partial charge in [0.05, 0.1) is 42.6 Å². The fraction of sp³-hybridized carbons (Fsp3) is 0.793. The van der Waals surface area contributed by atoms with E-state index in [2.05, 4.69) is 68.4 Å². The van der Waals surface area contributed by atoms with E-state index in [1.165, 1.54) is 49.0 Å². The van der Waals surface area contributed by atoms with Crippen LogP contribution in [0.2, 0.25) is 0 Å². The van der Waals surface area contributed by atoms with Crippen molar-refractivity contribution in [3.8, 4) is 0 Å². The Balaban J connectivity index is 0.894. The molecule has 4 aliphatic heterocycles. The topological polar surface area (TPSA) is 142 Å². The Hall–Kier alpha value is -1.54. The highest BCUT2D eigenvalue weighted by Crippen LogP contribution is 2.44. The van der Waals surface area contributed by atoms with E-state index in [1.807, 2.05) is 0 Å². The van der Waals surface area contributed by atoms with Crippen molar-refractivity contribution in [1.29, 1.82) is 0 Å². The molecule has 0 radical (unpaired) electrons. The number of nitrogens with two attached hydrogens (primary N) is 1. The molecule has 0 spiro atoms. The highest BCUT2D eigenvalue weighted by molar-refractivity contribution is 5.75. The van der Waals surface area contributed by atoms with Gasteiger partial charge < -0.3 is 31.3 Å². The van der Waals surface area contributed by atoms with E-state index in [0.717, 1.165) is 18.3 Å². The van der Waals surface area contributed by atoms with Gasteiger partial charge in [0.25, 0.3) is 0 Å². The number of nitrogens with one attached hydrogen (secondary N) is 5. The van der Waals surface area contributed by atoms with Gasteiger partial charge in [-0.1, -0.05) is 6.07 Å². The maximum absolute atomic E-state index is 11.0. The van der Waals surface area contributed by atoms with Gasteiger partial charge in [-0.05, 0) is 81.9 Å². The molecule has 11 nitrogen and oxygen atoms in total. The Bertz CT molecular complexity index is 1050. The maximum atomic E-state index is 11.0. The van der Waals surface area contributed by atoms with Crippen LogP contribution in [-0.2, 0) is 4.74 Å². The van der Waals surface area contributed by atoms with Gasteiger partial charge in [-0.15, -0.1) is 0 Å². The molecule has 2 aliphatic carbocycles. The molecule has 4 unspecified atom stereocenters. The van der Waals surface area contributed by atoms with Crippen molar-refractivity contribution in [3.05, 3.63) is 23.8 Å². The summed E-state index contributed by atoms with van der Waals surface area (Å²) in [6.45, 7) is 6.21. The van der Waals surface area contributed by atoms with Gasteiger partial charge in [0.15, 0.2) is 0 Å². The first-order valence-electron chi connectivity index (χ1n) is 15.5. The first kappa shape index (κ1) is 27.3. The molecular weight excluding hydrogens is 508 g/mol. The molecule has 0 aromatic heterocycles. The van der Waals surface area contributed by atoms with Crippen LogP contribution in [0.1, 0.15) is 63.9 Å². The van der Waals surface area contributed by atoms with Crippen LogP contribution in [0.4, 0.5) is 11.4 Å². The number of benzene rings is 1. The van der Waals surface area contributed by atoms with E-state index in [9.17, 15) is 10.2 Å². The Labute approximate surface area is 237 Å². The number of fused-ring (bicyclic) bond motifs is 2. The Morgan fingerprint density at radius 2 is 1.85 bits per heavy atom. The Morgan fingerprint density at radius 1 is 1.05 bits per heavy atom. The van der Waals surface area contributed by atoms with Crippen LogP contribution in [-0.4, -0.2) is 101 Å². The summed E-state index contributed by atoms with van der Waals surface area (Å²) in [5.41, 5.74) is 10.2. The minimum Gasteiger partial charge on any atom is -0.387 e. The molecule has 2 saturated carbocycles. The monoisotopic (exact) mass is 556 g/mol. The molecule has 1 aromatic carbocycles. The first-order valence-corrected chi connectivity index (χ1v) is 15.5. The van der Waals surface area contributed by atoms with E-state index in [1.54, 1.807) is 0 Å². The Kier molecular flexibility index (Phi) is 7.47. The first-order chi connectivity index (χ1) is 19.4. The highest BCUT2D eigenvalue weighted by atomic mass is 16.6. The Morgan fingerprint density at radius 3 is 2.62 bits per heavy atom. The number of nitrogens with zero attached hydrogens (tertiary/aromatic N) is 2. The van der Waals surface area contributed by atoms with Gasteiger partial charge in [0, 0.05) is 25.3 Å². The van der Waals surface area contributed by atoms with Crippen molar-refractivity contribution in [1.82, 2.24) is 25.8 Å². The third kappa shape index (κ3) is 5.14. The molecule has 222 valence electrons. The van der Waals surface area contributed by atoms with Gasteiger partial charge in [0.1, 0.15) is 24.5 Å². The number of rotatable bonds is 9.